The van der Waals surface area contributed by atoms with Crippen LogP contribution in [-0.4, -0.2) is 17.6 Å². The van der Waals surface area contributed by atoms with Crippen LogP contribution < -0.4 is 4.74 Å². The predicted molar refractivity (Wildman–Crippen MR) is 66.7 cm³/mol. The highest BCUT2D eigenvalue weighted by atomic mass is 35.5. The normalized spacial score (nSPS) is 10.0. The molecule has 92 valence electrons. The zero-order chi connectivity index (χ0) is 12.7. The molecule has 0 atom stereocenters. The highest BCUT2D eigenvalue weighted by Crippen LogP contribution is 2.14. The molecule has 17 heavy (non-hydrogen) atoms. The molecule has 0 saturated heterocycles. The smallest absolute Gasteiger partial charge is 0.310 e. The lowest BCUT2D eigenvalue weighted by Gasteiger charge is -2.04. The summed E-state index contributed by atoms with van der Waals surface area (Å²) in [7, 11) is 0. The summed E-state index contributed by atoms with van der Waals surface area (Å²) in [4.78, 5) is 22.7. The topological polar surface area (TPSA) is 43.4 Å². The van der Waals surface area contributed by atoms with Gasteiger partial charge in [0.05, 0.1) is 0 Å². The number of hydrogen-bond acceptors (Lipinski definition) is 3. The molecular formula is C13H15ClO3. The molecule has 1 aromatic rings. The lowest BCUT2D eigenvalue weighted by atomic mass is 10.1. The fourth-order valence-corrected chi connectivity index (χ4v) is 1.42. The van der Waals surface area contributed by atoms with Gasteiger partial charge in [0.1, 0.15) is 5.75 Å². The number of benzene rings is 1. The van der Waals surface area contributed by atoms with Crippen molar-refractivity contribution in [2.45, 2.75) is 26.2 Å². The van der Waals surface area contributed by atoms with E-state index in [1.165, 1.54) is 0 Å². The van der Waals surface area contributed by atoms with Gasteiger partial charge in [0.2, 0.25) is 0 Å². The molecule has 0 fully saturated rings. The molecule has 3 nitrogen and oxygen atoms in total. The number of ketones is 1. The average molecular weight is 255 g/mol. The van der Waals surface area contributed by atoms with E-state index in [-0.39, 0.29) is 11.8 Å². The molecule has 0 amide bonds. The van der Waals surface area contributed by atoms with Gasteiger partial charge in [-0.1, -0.05) is 6.92 Å². The van der Waals surface area contributed by atoms with Crippen molar-refractivity contribution in [2.75, 3.05) is 5.88 Å². The largest absolute Gasteiger partial charge is 0.427 e. The van der Waals surface area contributed by atoms with Gasteiger partial charge in [-0.05, 0) is 30.7 Å². The van der Waals surface area contributed by atoms with Crippen molar-refractivity contribution in [2.24, 2.45) is 0 Å². The van der Waals surface area contributed by atoms with Crippen LogP contribution in [0, 0.1) is 0 Å². The Morgan fingerprint density at radius 3 is 2.41 bits per heavy atom. The highest BCUT2D eigenvalue weighted by Gasteiger charge is 2.06. The summed E-state index contributed by atoms with van der Waals surface area (Å²) in [6.07, 6.45) is 1.45. The number of Topliss-reactive ketones (excluding diaryl/α,β-unsaturated/α-hetero) is 1. The molecule has 1 aromatic carbocycles. The summed E-state index contributed by atoms with van der Waals surface area (Å²) >= 11 is 5.52. The van der Waals surface area contributed by atoms with Crippen LogP contribution in [0.5, 0.6) is 5.75 Å². The Balaban J connectivity index is 2.61. The second-order valence-corrected chi connectivity index (χ2v) is 3.95. The Morgan fingerprint density at radius 2 is 1.88 bits per heavy atom. The van der Waals surface area contributed by atoms with Crippen molar-refractivity contribution in [3.63, 3.8) is 0 Å². The van der Waals surface area contributed by atoms with Crippen LogP contribution in [0.4, 0.5) is 0 Å². The van der Waals surface area contributed by atoms with Gasteiger partial charge in [-0.15, -0.1) is 11.6 Å². The van der Waals surface area contributed by atoms with Crippen molar-refractivity contribution in [3.8, 4) is 5.75 Å². The van der Waals surface area contributed by atoms with Crippen LogP contribution >= 0.6 is 11.6 Å². The van der Waals surface area contributed by atoms with Crippen molar-refractivity contribution in [3.05, 3.63) is 29.8 Å². The van der Waals surface area contributed by atoms with Crippen LogP contribution in [0.2, 0.25) is 0 Å². The van der Waals surface area contributed by atoms with Gasteiger partial charge in [-0.3, -0.25) is 9.59 Å². The van der Waals surface area contributed by atoms with Gasteiger partial charge >= 0.3 is 5.97 Å². The Hall–Kier alpha value is -1.35. The Labute approximate surface area is 106 Å². The fraction of sp³-hybridized carbons (Fsp3) is 0.385. The summed E-state index contributed by atoms with van der Waals surface area (Å²) in [5, 5.41) is 0. The van der Waals surface area contributed by atoms with Crippen molar-refractivity contribution < 1.29 is 14.3 Å². The molecule has 0 aliphatic carbocycles. The molecule has 0 unspecified atom stereocenters. The van der Waals surface area contributed by atoms with Crippen molar-refractivity contribution >= 4 is 23.4 Å². The van der Waals surface area contributed by atoms with E-state index in [1.807, 2.05) is 0 Å². The summed E-state index contributed by atoms with van der Waals surface area (Å²) in [6, 6.07) is 6.58. The number of halogens is 1. The molecule has 0 aromatic heterocycles. The second kappa shape index (κ2) is 7.07. The predicted octanol–water partition coefficient (Wildman–Crippen LogP) is 3.20. The zero-order valence-electron chi connectivity index (χ0n) is 9.74. The van der Waals surface area contributed by atoms with Crippen molar-refractivity contribution in [1.29, 1.82) is 0 Å². The molecule has 0 heterocycles. The standard InChI is InChI=1S/C13H15ClO3/c1-2-13(16)17-11-7-5-10(6-8-11)12(15)4-3-9-14/h5-8H,2-4,9H2,1H3. The summed E-state index contributed by atoms with van der Waals surface area (Å²) in [6.45, 7) is 1.73. The van der Waals surface area contributed by atoms with E-state index in [0.29, 0.717) is 36.5 Å². The quantitative estimate of drug-likeness (QED) is 0.339. The molecule has 1 rings (SSSR count). The third kappa shape index (κ3) is 4.57. The number of ether oxygens (including phenoxy) is 1. The van der Waals surface area contributed by atoms with Gasteiger partial charge in [0.15, 0.2) is 5.78 Å². The Morgan fingerprint density at radius 1 is 1.24 bits per heavy atom. The summed E-state index contributed by atoms with van der Waals surface area (Å²) in [5.74, 6) is 0.716. The molecule has 0 N–H and O–H groups in total. The molecule has 0 spiro atoms. The van der Waals surface area contributed by atoms with E-state index in [9.17, 15) is 9.59 Å². The number of carbonyl (C=O) groups excluding carboxylic acids is 2. The monoisotopic (exact) mass is 254 g/mol. The van der Waals surface area contributed by atoms with Gasteiger partial charge < -0.3 is 4.74 Å². The van der Waals surface area contributed by atoms with Gasteiger partial charge in [0.25, 0.3) is 0 Å². The van der Waals surface area contributed by atoms with Crippen LogP contribution in [0.1, 0.15) is 36.5 Å². The maximum absolute atomic E-state index is 11.6. The molecule has 4 heteroatoms. The molecule has 0 radical (unpaired) electrons. The molecule has 0 aliphatic heterocycles. The van der Waals surface area contributed by atoms with Gasteiger partial charge in [0, 0.05) is 24.3 Å². The first kappa shape index (κ1) is 13.7. The summed E-state index contributed by atoms with van der Waals surface area (Å²) in [5.41, 5.74) is 0.617. The van der Waals surface area contributed by atoms with Gasteiger partial charge in [-0.25, -0.2) is 0 Å². The minimum Gasteiger partial charge on any atom is -0.427 e. The maximum Gasteiger partial charge on any atom is 0.310 e. The van der Waals surface area contributed by atoms with E-state index >= 15 is 0 Å². The third-order valence-corrected chi connectivity index (χ3v) is 2.50. The maximum atomic E-state index is 11.6. The first-order chi connectivity index (χ1) is 8.17. The van der Waals surface area contributed by atoms with E-state index in [1.54, 1.807) is 31.2 Å². The van der Waals surface area contributed by atoms with Crippen molar-refractivity contribution in [1.82, 2.24) is 0 Å². The average Bonchev–Trinajstić information content (AvgIpc) is 2.36. The van der Waals surface area contributed by atoms with Gasteiger partial charge in [-0.2, -0.15) is 0 Å². The van der Waals surface area contributed by atoms with Crippen LogP contribution in [-0.2, 0) is 4.79 Å². The second-order valence-electron chi connectivity index (χ2n) is 3.57. The zero-order valence-corrected chi connectivity index (χ0v) is 10.5. The minimum absolute atomic E-state index is 0.0546. The Bertz CT molecular complexity index is 384. The lowest BCUT2D eigenvalue weighted by molar-refractivity contribution is -0.134. The number of esters is 1. The molecule has 0 bridgehead atoms. The molecule has 0 aliphatic rings. The van der Waals surface area contributed by atoms with E-state index in [0.717, 1.165) is 0 Å². The van der Waals surface area contributed by atoms with E-state index in [4.69, 9.17) is 16.3 Å². The van der Waals surface area contributed by atoms with Crippen LogP contribution in [0.3, 0.4) is 0 Å². The minimum atomic E-state index is -0.286. The number of rotatable bonds is 6. The fourth-order valence-electron chi connectivity index (χ4n) is 1.28. The number of carbonyl (C=O) groups is 2. The third-order valence-electron chi connectivity index (χ3n) is 2.23. The Kier molecular flexibility index (Phi) is 5.70. The van der Waals surface area contributed by atoms with E-state index < -0.39 is 0 Å². The SMILES string of the molecule is CCC(=O)Oc1ccc(C(=O)CCCCl)cc1. The molecule has 0 saturated carbocycles. The number of hydrogen-bond donors (Lipinski definition) is 0. The molecular weight excluding hydrogens is 240 g/mol. The number of alkyl halides is 1. The van der Waals surface area contributed by atoms with Crippen LogP contribution in [0.15, 0.2) is 24.3 Å². The first-order valence-corrected chi connectivity index (χ1v) is 6.10. The first-order valence-electron chi connectivity index (χ1n) is 5.57. The highest BCUT2D eigenvalue weighted by molar-refractivity contribution is 6.18. The lowest BCUT2D eigenvalue weighted by Crippen LogP contribution is -2.06. The summed E-state index contributed by atoms with van der Waals surface area (Å²) < 4.78 is 5.01. The van der Waals surface area contributed by atoms with Crippen LogP contribution in [0.25, 0.3) is 0 Å². The van der Waals surface area contributed by atoms with E-state index in [2.05, 4.69) is 0 Å².